The number of rotatable bonds is 6. The number of aliphatic imine (C=N–C) groups is 1. The van der Waals surface area contributed by atoms with Gasteiger partial charge < -0.3 is 19.7 Å². The summed E-state index contributed by atoms with van der Waals surface area (Å²) >= 11 is 1.76. The molecule has 1 aromatic rings. The highest BCUT2D eigenvalue weighted by atomic mass is 32.1. The number of piperidine rings is 1. The van der Waals surface area contributed by atoms with E-state index in [-0.39, 0.29) is 5.41 Å². The topological polar surface area (TPSA) is 59.0 Å². The van der Waals surface area contributed by atoms with E-state index >= 15 is 0 Å². The van der Waals surface area contributed by atoms with E-state index in [1.54, 1.807) is 11.3 Å². The van der Waals surface area contributed by atoms with Crippen LogP contribution in [0.2, 0.25) is 0 Å². The van der Waals surface area contributed by atoms with E-state index in [2.05, 4.69) is 41.4 Å². The summed E-state index contributed by atoms with van der Waals surface area (Å²) in [5, 5.41) is 6.89. The van der Waals surface area contributed by atoms with Crippen molar-refractivity contribution < 1.29 is 9.47 Å². The first kappa shape index (κ1) is 22.5. The van der Waals surface area contributed by atoms with Gasteiger partial charge in [-0.1, -0.05) is 20.8 Å². The summed E-state index contributed by atoms with van der Waals surface area (Å²) < 4.78 is 11.9. The van der Waals surface area contributed by atoms with E-state index in [0.717, 1.165) is 64.5 Å². The lowest BCUT2D eigenvalue weighted by Gasteiger charge is -2.35. The van der Waals surface area contributed by atoms with Crippen molar-refractivity contribution in [3.63, 3.8) is 0 Å². The molecule has 7 heteroatoms. The lowest BCUT2D eigenvalue weighted by Crippen LogP contribution is -2.47. The van der Waals surface area contributed by atoms with Gasteiger partial charge in [-0.2, -0.15) is 0 Å². The highest BCUT2D eigenvalue weighted by Crippen LogP contribution is 2.24. The molecule has 1 N–H and O–H groups in total. The van der Waals surface area contributed by atoms with Crippen molar-refractivity contribution in [1.29, 1.82) is 0 Å². The Morgan fingerprint density at radius 3 is 2.72 bits per heavy atom. The van der Waals surface area contributed by atoms with Crippen LogP contribution < -0.4 is 5.32 Å². The zero-order valence-electron chi connectivity index (χ0n) is 18.6. The standard InChI is InChI=1S/C22H38N4O2S/c1-22(2,3)19-16-29-20(25-19)8-11-24-21(23-4)26-12-9-17(10-13-26)28-15-18-7-5-6-14-27-18/h16-18H,5-15H2,1-4H3,(H,23,24). The molecule has 3 heterocycles. The van der Waals surface area contributed by atoms with Gasteiger partial charge in [0, 0.05) is 50.5 Å². The predicted molar refractivity (Wildman–Crippen MR) is 120 cm³/mol. The van der Waals surface area contributed by atoms with E-state index in [1.165, 1.54) is 23.5 Å². The number of thiazole rings is 1. The molecule has 1 aromatic heterocycles. The van der Waals surface area contributed by atoms with Crippen LogP contribution in [-0.4, -0.2) is 67.9 Å². The Morgan fingerprint density at radius 2 is 2.10 bits per heavy atom. The fourth-order valence-electron chi connectivity index (χ4n) is 3.80. The summed E-state index contributed by atoms with van der Waals surface area (Å²) in [6.07, 6.45) is 7.30. The molecule has 1 unspecified atom stereocenters. The highest BCUT2D eigenvalue weighted by Gasteiger charge is 2.24. The minimum Gasteiger partial charge on any atom is -0.376 e. The first-order valence-electron chi connectivity index (χ1n) is 11.1. The van der Waals surface area contributed by atoms with Gasteiger partial charge in [0.15, 0.2) is 5.96 Å². The molecule has 6 nitrogen and oxygen atoms in total. The van der Waals surface area contributed by atoms with Gasteiger partial charge >= 0.3 is 0 Å². The van der Waals surface area contributed by atoms with Gasteiger partial charge in [0.05, 0.1) is 29.5 Å². The van der Waals surface area contributed by atoms with Gasteiger partial charge in [0.25, 0.3) is 0 Å². The van der Waals surface area contributed by atoms with Crippen molar-refractivity contribution in [1.82, 2.24) is 15.2 Å². The van der Waals surface area contributed by atoms with Crippen molar-refractivity contribution in [2.45, 2.75) is 76.9 Å². The van der Waals surface area contributed by atoms with Gasteiger partial charge in [0.2, 0.25) is 0 Å². The van der Waals surface area contributed by atoms with Crippen LogP contribution in [0.3, 0.4) is 0 Å². The second-order valence-corrected chi connectivity index (χ2v) is 10.1. The molecule has 0 saturated carbocycles. The Kier molecular flexibility index (Phi) is 8.33. The zero-order valence-corrected chi connectivity index (χ0v) is 19.4. The van der Waals surface area contributed by atoms with Crippen LogP contribution in [-0.2, 0) is 21.3 Å². The number of nitrogens with zero attached hydrogens (tertiary/aromatic N) is 3. The van der Waals surface area contributed by atoms with Crippen molar-refractivity contribution in [3.05, 3.63) is 16.1 Å². The third kappa shape index (κ3) is 6.93. The Bertz CT molecular complexity index is 641. The molecule has 164 valence electrons. The molecule has 3 rings (SSSR count). The van der Waals surface area contributed by atoms with E-state index in [9.17, 15) is 0 Å². The molecule has 0 spiro atoms. The molecule has 0 radical (unpaired) electrons. The number of likely N-dealkylation sites (tertiary alicyclic amines) is 1. The molecule has 2 aliphatic heterocycles. The van der Waals surface area contributed by atoms with Crippen molar-refractivity contribution in [3.8, 4) is 0 Å². The fraction of sp³-hybridized carbons (Fsp3) is 0.818. The summed E-state index contributed by atoms with van der Waals surface area (Å²) in [4.78, 5) is 11.6. The molecule has 29 heavy (non-hydrogen) atoms. The summed E-state index contributed by atoms with van der Waals surface area (Å²) in [6.45, 7) is 11.1. The van der Waals surface area contributed by atoms with Crippen molar-refractivity contribution in [2.75, 3.05) is 39.9 Å². The Balaban J connectivity index is 1.36. The number of hydrogen-bond donors (Lipinski definition) is 1. The van der Waals surface area contributed by atoms with E-state index in [1.807, 2.05) is 7.05 Å². The van der Waals surface area contributed by atoms with Gasteiger partial charge in [-0.15, -0.1) is 11.3 Å². The van der Waals surface area contributed by atoms with Gasteiger partial charge in [0.1, 0.15) is 0 Å². The molecule has 0 amide bonds. The van der Waals surface area contributed by atoms with Crippen LogP contribution >= 0.6 is 11.3 Å². The second-order valence-electron chi connectivity index (χ2n) is 9.11. The Labute approximate surface area is 180 Å². The predicted octanol–water partition coefficient (Wildman–Crippen LogP) is 3.61. The normalized spacial score (nSPS) is 22.1. The lowest BCUT2D eigenvalue weighted by atomic mass is 9.93. The van der Waals surface area contributed by atoms with Crippen LogP contribution in [0.4, 0.5) is 0 Å². The summed E-state index contributed by atoms with van der Waals surface area (Å²) in [6, 6.07) is 0. The SMILES string of the molecule is CN=C(NCCc1nc(C(C)(C)C)cs1)N1CCC(OCC2CCCCO2)CC1. The van der Waals surface area contributed by atoms with Gasteiger partial charge in [-0.25, -0.2) is 4.98 Å². The molecule has 0 aromatic carbocycles. The summed E-state index contributed by atoms with van der Waals surface area (Å²) in [7, 11) is 1.87. The molecule has 2 aliphatic rings. The van der Waals surface area contributed by atoms with E-state index < -0.39 is 0 Å². The Hall–Kier alpha value is -1.18. The number of nitrogens with one attached hydrogen (secondary N) is 1. The number of guanidine groups is 1. The fourth-order valence-corrected chi connectivity index (χ4v) is 4.83. The van der Waals surface area contributed by atoms with E-state index in [4.69, 9.17) is 14.5 Å². The minimum absolute atomic E-state index is 0.119. The van der Waals surface area contributed by atoms with Crippen LogP contribution in [0.15, 0.2) is 10.4 Å². The number of hydrogen-bond acceptors (Lipinski definition) is 5. The third-order valence-corrected chi connectivity index (χ3v) is 6.60. The maximum Gasteiger partial charge on any atom is 0.193 e. The quantitative estimate of drug-likeness (QED) is 0.561. The third-order valence-electron chi connectivity index (χ3n) is 5.69. The maximum atomic E-state index is 6.13. The maximum absolute atomic E-state index is 6.13. The molecule has 2 fully saturated rings. The molecule has 0 bridgehead atoms. The molecule has 0 aliphatic carbocycles. The largest absolute Gasteiger partial charge is 0.376 e. The summed E-state index contributed by atoms with van der Waals surface area (Å²) in [5.41, 5.74) is 1.30. The van der Waals surface area contributed by atoms with Crippen molar-refractivity contribution >= 4 is 17.3 Å². The zero-order chi connectivity index (χ0) is 20.7. The van der Waals surface area contributed by atoms with Crippen LogP contribution in [0, 0.1) is 0 Å². The molecule has 1 atom stereocenters. The smallest absolute Gasteiger partial charge is 0.193 e. The van der Waals surface area contributed by atoms with Crippen molar-refractivity contribution in [2.24, 2.45) is 4.99 Å². The average molecular weight is 423 g/mol. The van der Waals surface area contributed by atoms with Crippen LogP contribution in [0.5, 0.6) is 0 Å². The number of aromatic nitrogens is 1. The average Bonchev–Trinajstić information content (AvgIpc) is 3.21. The number of ether oxygens (including phenoxy) is 2. The monoisotopic (exact) mass is 422 g/mol. The second kappa shape index (κ2) is 10.7. The van der Waals surface area contributed by atoms with Crippen LogP contribution in [0.1, 0.15) is 63.6 Å². The Morgan fingerprint density at radius 1 is 1.31 bits per heavy atom. The minimum atomic E-state index is 0.119. The molecular formula is C22H38N4O2S. The summed E-state index contributed by atoms with van der Waals surface area (Å²) in [5.74, 6) is 0.992. The highest BCUT2D eigenvalue weighted by molar-refractivity contribution is 7.09. The first-order chi connectivity index (χ1) is 14.0. The first-order valence-corrected chi connectivity index (χ1v) is 12.0. The van der Waals surface area contributed by atoms with Gasteiger partial charge in [-0.05, 0) is 32.1 Å². The van der Waals surface area contributed by atoms with E-state index in [0.29, 0.717) is 12.2 Å². The molecular weight excluding hydrogens is 384 g/mol. The van der Waals surface area contributed by atoms with Gasteiger partial charge in [-0.3, -0.25) is 4.99 Å². The van der Waals surface area contributed by atoms with Crippen LogP contribution in [0.25, 0.3) is 0 Å². The lowest BCUT2D eigenvalue weighted by molar-refractivity contribution is -0.0721. The molecule has 2 saturated heterocycles.